The highest BCUT2D eigenvalue weighted by Gasteiger charge is 2.36. The number of halogens is 3. The zero-order valence-corrected chi connectivity index (χ0v) is 12.7. The van der Waals surface area contributed by atoms with Crippen LogP contribution in [0.1, 0.15) is 25.5 Å². The molecule has 22 heavy (non-hydrogen) atoms. The lowest BCUT2D eigenvalue weighted by Crippen LogP contribution is -2.46. The van der Waals surface area contributed by atoms with Crippen LogP contribution in [0.2, 0.25) is 0 Å². The molecule has 1 aliphatic rings. The number of hydrogen-bond acceptors (Lipinski definition) is 4. The molecule has 1 fully saturated rings. The molecule has 0 aliphatic carbocycles. The molecule has 0 unspecified atom stereocenters. The number of rotatable bonds is 3. The van der Waals surface area contributed by atoms with Gasteiger partial charge in [0, 0.05) is 25.4 Å². The van der Waals surface area contributed by atoms with Crippen molar-refractivity contribution < 1.29 is 26.7 Å². The summed E-state index contributed by atoms with van der Waals surface area (Å²) >= 11 is 0. The van der Waals surface area contributed by atoms with E-state index in [1.807, 2.05) is 0 Å². The molecule has 2 heterocycles. The van der Waals surface area contributed by atoms with E-state index in [0.29, 0.717) is 12.5 Å². The molecule has 1 saturated heterocycles. The smallest absolute Gasteiger partial charge is 0.396 e. The monoisotopic (exact) mass is 338 g/mol. The van der Waals surface area contributed by atoms with Crippen molar-refractivity contribution in [3.05, 3.63) is 24.0 Å². The maximum absolute atomic E-state index is 12.5. The Morgan fingerprint density at radius 3 is 2.55 bits per heavy atom. The van der Waals surface area contributed by atoms with E-state index in [9.17, 15) is 26.7 Å². The number of aliphatic hydroxyl groups excluding tert-OH is 1. The number of aromatic nitrogens is 1. The van der Waals surface area contributed by atoms with Gasteiger partial charge < -0.3 is 5.11 Å². The zero-order valence-electron chi connectivity index (χ0n) is 11.9. The minimum atomic E-state index is -4.61. The number of pyridine rings is 1. The summed E-state index contributed by atoms with van der Waals surface area (Å²) in [6.45, 7) is 1.77. The van der Waals surface area contributed by atoms with Crippen molar-refractivity contribution in [1.82, 2.24) is 9.29 Å². The Labute approximate surface area is 126 Å². The van der Waals surface area contributed by atoms with E-state index >= 15 is 0 Å². The Morgan fingerprint density at radius 1 is 1.36 bits per heavy atom. The second kappa shape index (κ2) is 6.13. The van der Waals surface area contributed by atoms with Gasteiger partial charge in [-0.05, 0) is 37.8 Å². The molecule has 1 aliphatic heterocycles. The zero-order chi connectivity index (χ0) is 16.5. The maximum atomic E-state index is 12.5. The van der Waals surface area contributed by atoms with Crippen molar-refractivity contribution in [2.45, 2.75) is 36.9 Å². The summed E-state index contributed by atoms with van der Waals surface area (Å²) in [6.07, 6.45) is -2.57. The first kappa shape index (κ1) is 17.2. The predicted molar refractivity (Wildman–Crippen MR) is 72.4 cm³/mol. The number of sulfonamides is 1. The molecule has 0 spiro atoms. The summed E-state index contributed by atoms with van der Waals surface area (Å²) in [5.41, 5.74) is -1.13. The molecular weight excluding hydrogens is 321 g/mol. The van der Waals surface area contributed by atoms with E-state index in [-0.39, 0.29) is 30.0 Å². The molecule has 1 aromatic rings. The van der Waals surface area contributed by atoms with Crippen molar-refractivity contribution >= 4 is 10.0 Å². The first-order valence-electron chi connectivity index (χ1n) is 6.82. The number of alkyl halides is 3. The van der Waals surface area contributed by atoms with Crippen molar-refractivity contribution in [3.8, 4) is 0 Å². The Bertz CT molecular complexity index is 616. The van der Waals surface area contributed by atoms with Gasteiger partial charge in [0.1, 0.15) is 10.6 Å². The van der Waals surface area contributed by atoms with Crippen molar-refractivity contribution in [2.24, 2.45) is 5.92 Å². The van der Waals surface area contributed by atoms with Gasteiger partial charge in [0.05, 0.1) is 0 Å². The Balaban J connectivity index is 2.29. The lowest BCUT2D eigenvalue weighted by molar-refractivity contribution is -0.141. The van der Waals surface area contributed by atoms with Gasteiger partial charge in [-0.25, -0.2) is 8.42 Å². The highest BCUT2D eigenvalue weighted by Crippen LogP contribution is 2.30. The van der Waals surface area contributed by atoms with Gasteiger partial charge in [-0.1, -0.05) is 0 Å². The van der Waals surface area contributed by atoms with Crippen LogP contribution in [0.4, 0.5) is 13.2 Å². The van der Waals surface area contributed by atoms with Crippen LogP contribution < -0.4 is 0 Å². The normalized spacial score (nSPS) is 24.4. The van der Waals surface area contributed by atoms with Crippen LogP contribution in [-0.4, -0.2) is 42.0 Å². The third kappa shape index (κ3) is 3.41. The molecule has 2 atom stereocenters. The highest BCUT2D eigenvalue weighted by molar-refractivity contribution is 7.89. The van der Waals surface area contributed by atoms with E-state index in [2.05, 4.69) is 4.98 Å². The van der Waals surface area contributed by atoms with Crippen molar-refractivity contribution in [2.75, 3.05) is 13.2 Å². The van der Waals surface area contributed by atoms with E-state index in [0.717, 1.165) is 18.7 Å². The average molecular weight is 338 g/mol. The van der Waals surface area contributed by atoms with Gasteiger partial charge in [-0.3, -0.25) is 4.98 Å². The number of hydrogen-bond donors (Lipinski definition) is 1. The topological polar surface area (TPSA) is 70.5 Å². The lowest BCUT2D eigenvalue weighted by atomic mass is 9.96. The van der Waals surface area contributed by atoms with Crippen LogP contribution in [-0.2, 0) is 16.2 Å². The molecule has 0 amide bonds. The fourth-order valence-corrected chi connectivity index (χ4v) is 4.15. The van der Waals surface area contributed by atoms with Crippen LogP contribution in [0.15, 0.2) is 23.2 Å². The molecule has 1 aromatic heterocycles. The Hall–Kier alpha value is -1.19. The third-order valence-electron chi connectivity index (χ3n) is 3.81. The fourth-order valence-electron chi connectivity index (χ4n) is 2.47. The summed E-state index contributed by atoms with van der Waals surface area (Å²) < 4.78 is 63.7. The van der Waals surface area contributed by atoms with Gasteiger partial charge in [0.15, 0.2) is 0 Å². The molecule has 2 rings (SSSR count). The Morgan fingerprint density at radius 2 is 2.05 bits per heavy atom. The largest absolute Gasteiger partial charge is 0.433 e. The number of piperidine rings is 1. The first-order valence-corrected chi connectivity index (χ1v) is 8.26. The van der Waals surface area contributed by atoms with Crippen LogP contribution in [0.25, 0.3) is 0 Å². The first-order chi connectivity index (χ1) is 10.2. The molecular formula is C13H17F3N2O3S. The van der Waals surface area contributed by atoms with Crippen molar-refractivity contribution in [1.29, 1.82) is 0 Å². The summed E-state index contributed by atoms with van der Waals surface area (Å²) in [5, 5.41) is 9.20. The third-order valence-corrected chi connectivity index (χ3v) is 5.78. The summed E-state index contributed by atoms with van der Waals surface area (Å²) in [4.78, 5) is 2.92. The summed E-state index contributed by atoms with van der Waals surface area (Å²) in [6, 6.07) is 1.31. The van der Waals surface area contributed by atoms with Gasteiger partial charge in [-0.15, -0.1) is 0 Å². The van der Waals surface area contributed by atoms with Crippen LogP contribution >= 0.6 is 0 Å². The van der Waals surface area contributed by atoms with E-state index in [1.165, 1.54) is 4.31 Å². The van der Waals surface area contributed by atoms with E-state index in [4.69, 9.17) is 0 Å². The lowest BCUT2D eigenvalue weighted by Gasteiger charge is -2.36. The molecule has 5 nitrogen and oxygen atoms in total. The molecule has 0 radical (unpaired) electrons. The second-order valence-electron chi connectivity index (χ2n) is 5.43. The van der Waals surface area contributed by atoms with Gasteiger partial charge >= 0.3 is 6.18 Å². The maximum Gasteiger partial charge on any atom is 0.433 e. The minimum Gasteiger partial charge on any atom is -0.396 e. The number of nitrogens with zero attached hydrogens (tertiary/aromatic N) is 2. The summed E-state index contributed by atoms with van der Waals surface area (Å²) in [5.74, 6) is -0.159. The van der Waals surface area contributed by atoms with Crippen LogP contribution in [0, 0.1) is 5.92 Å². The van der Waals surface area contributed by atoms with E-state index in [1.54, 1.807) is 6.92 Å². The minimum absolute atomic E-state index is 0.121. The standard InChI is InChI=1S/C13H17F3N2O3S/c1-9-2-3-10(8-19)7-18(9)22(20,21)11-4-5-12(17-6-11)13(14,15)16/h4-6,9-10,19H,2-3,7-8H2,1H3/t9-,10+/m0/s1. The fraction of sp³-hybridized carbons (Fsp3) is 0.615. The second-order valence-corrected chi connectivity index (χ2v) is 7.32. The Kier molecular flexibility index (Phi) is 4.78. The van der Waals surface area contributed by atoms with E-state index < -0.39 is 21.9 Å². The van der Waals surface area contributed by atoms with Crippen LogP contribution in [0.3, 0.4) is 0 Å². The van der Waals surface area contributed by atoms with Crippen molar-refractivity contribution in [3.63, 3.8) is 0 Å². The average Bonchev–Trinajstić information content (AvgIpc) is 2.47. The molecule has 0 aromatic carbocycles. The molecule has 1 N–H and O–H groups in total. The molecule has 9 heteroatoms. The predicted octanol–water partition coefficient (Wildman–Crippen LogP) is 1.88. The van der Waals surface area contributed by atoms with Gasteiger partial charge in [-0.2, -0.15) is 17.5 Å². The number of aliphatic hydroxyl groups is 1. The highest BCUT2D eigenvalue weighted by atomic mass is 32.2. The van der Waals surface area contributed by atoms with Gasteiger partial charge in [0.2, 0.25) is 10.0 Å². The van der Waals surface area contributed by atoms with Crippen LogP contribution in [0.5, 0.6) is 0 Å². The molecule has 124 valence electrons. The molecule has 0 saturated carbocycles. The molecule has 0 bridgehead atoms. The quantitative estimate of drug-likeness (QED) is 0.914. The SMILES string of the molecule is C[C@H]1CC[C@@H](CO)CN1S(=O)(=O)c1ccc(C(F)(F)F)nc1. The van der Waals surface area contributed by atoms with Gasteiger partial charge in [0.25, 0.3) is 0 Å². The summed E-state index contributed by atoms with van der Waals surface area (Å²) in [7, 11) is -3.92.